The van der Waals surface area contributed by atoms with Crippen molar-refractivity contribution in [3.05, 3.63) is 70.8 Å². The van der Waals surface area contributed by atoms with Crippen LogP contribution in [0, 0.1) is 0 Å². The Morgan fingerprint density at radius 2 is 1.62 bits per heavy atom. The quantitative estimate of drug-likeness (QED) is 0.807. The van der Waals surface area contributed by atoms with E-state index >= 15 is 0 Å². The van der Waals surface area contributed by atoms with Gasteiger partial charge in [0.15, 0.2) is 0 Å². The molecule has 2 aliphatic rings. The minimum Gasteiger partial charge on any atom is -0.390 e. The van der Waals surface area contributed by atoms with E-state index in [9.17, 15) is 14.7 Å². The maximum Gasteiger partial charge on any atom is 0.261 e. The minimum absolute atomic E-state index is 0.0165. The van der Waals surface area contributed by atoms with Crippen molar-refractivity contribution in [2.45, 2.75) is 31.4 Å². The van der Waals surface area contributed by atoms with Gasteiger partial charge in [-0.15, -0.1) is 0 Å². The van der Waals surface area contributed by atoms with E-state index in [1.165, 1.54) is 11.1 Å². The highest BCUT2D eigenvalue weighted by Gasteiger charge is 2.36. The number of hydrogen-bond donors (Lipinski definition) is 2. The van der Waals surface area contributed by atoms with Crippen LogP contribution in [0.15, 0.2) is 48.5 Å². The van der Waals surface area contributed by atoms with E-state index in [4.69, 9.17) is 0 Å². The molecule has 2 aromatic rings. The largest absolute Gasteiger partial charge is 0.390 e. The number of rotatable bonds is 5. The number of aliphatic hydroxyl groups excluding tert-OH is 1. The van der Waals surface area contributed by atoms with Crippen molar-refractivity contribution in [3.8, 4) is 0 Å². The number of nitrogens with one attached hydrogen (secondary N) is 1. The van der Waals surface area contributed by atoms with Gasteiger partial charge in [-0.2, -0.15) is 0 Å². The van der Waals surface area contributed by atoms with Gasteiger partial charge >= 0.3 is 0 Å². The SMILES string of the molecule is O=C1c2ccccc2C(=O)N1CC(O)CNC1CCc2ccccc2C1. The Bertz CT molecular complexity index is 814. The number of nitrogens with zero attached hydrogens (tertiary/aromatic N) is 1. The van der Waals surface area contributed by atoms with Crippen LogP contribution in [0.2, 0.25) is 0 Å². The van der Waals surface area contributed by atoms with E-state index in [2.05, 4.69) is 29.6 Å². The lowest BCUT2D eigenvalue weighted by Gasteiger charge is -2.27. The highest BCUT2D eigenvalue weighted by Crippen LogP contribution is 2.23. The van der Waals surface area contributed by atoms with Gasteiger partial charge in [-0.3, -0.25) is 14.5 Å². The Labute approximate surface area is 152 Å². The molecule has 0 radical (unpaired) electrons. The second-order valence-electron chi connectivity index (χ2n) is 7.04. The van der Waals surface area contributed by atoms with E-state index in [1.807, 2.05) is 0 Å². The first kappa shape index (κ1) is 16.9. The molecular formula is C21H22N2O3. The summed E-state index contributed by atoms with van der Waals surface area (Å²) in [4.78, 5) is 25.9. The van der Waals surface area contributed by atoms with Gasteiger partial charge < -0.3 is 10.4 Å². The third-order valence-electron chi connectivity index (χ3n) is 5.26. The fraction of sp³-hybridized carbons (Fsp3) is 0.333. The van der Waals surface area contributed by atoms with Crippen LogP contribution in [0.4, 0.5) is 0 Å². The molecule has 0 saturated carbocycles. The van der Waals surface area contributed by atoms with Crippen molar-refractivity contribution < 1.29 is 14.7 Å². The molecule has 5 heteroatoms. The number of amides is 2. The van der Waals surface area contributed by atoms with Crippen molar-refractivity contribution in [2.75, 3.05) is 13.1 Å². The Morgan fingerprint density at radius 1 is 1.00 bits per heavy atom. The number of fused-ring (bicyclic) bond motifs is 2. The molecule has 1 aliphatic heterocycles. The number of hydrogen-bond acceptors (Lipinski definition) is 4. The smallest absolute Gasteiger partial charge is 0.261 e. The van der Waals surface area contributed by atoms with Crippen LogP contribution < -0.4 is 5.32 Å². The van der Waals surface area contributed by atoms with Crippen molar-refractivity contribution >= 4 is 11.8 Å². The zero-order valence-electron chi connectivity index (χ0n) is 14.5. The molecule has 0 saturated heterocycles. The number of imide groups is 1. The molecule has 0 aromatic heterocycles. The average molecular weight is 350 g/mol. The highest BCUT2D eigenvalue weighted by molar-refractivity contribution is 6.21. The molecule has 4 rings (SSSR count). The summed E-state index contributed by atoms with van der Waals surface area (Å²) >= 11 is 0. The van der Waals surface area contributed by atoms with Gasteiger partial charge in [0.1, 0.15) is 0 Å². The Kier molecular flexibility index (Phi) is 4.57. The van der Waals surface area contributed by atoms with E-state index in [-0.39, 0.29) is 18.4 Å². The summed E-state index contributed by atoms with van der Waals surface area (Å²) in [5.41, 5.74) is 3.59. The zero-order valence-corrected chi connectivity index (χ0v) is 14.5. The number of aliphatic hydroxyl groups is 1. The van der Waals surface area contributed by atoms with Crippen LogP contribution in [0.1, 0.15) is 38.3 Å². The summed E-state index contributed by atoms with van der Waals surface area (Å²) in [6.45, 7) is 0.378. The topological polar surface area (TPSA) is 69.6 Å². The van der Waals surface area contributed by atoms with Crippen LogP contribution in [0.3, 0.4) is 0 Å². The highest BCUT2D eigenvalue weighted by atomic mass is 16.3. The van der Waals surface area contributed by atoms with Gasteiger partial charge in [0.25, 0.3) is 11.8 Å². The molecular weight excluding hydrogens is 328 g/mol. The summed E-state index contributed by atoms with van der Waals surface area (Å²) in [5, 5.41) is 13.7. The van der Waals surface area contributed by atoms with Gasteiger partial charge in [0, 0.05) is 12.6 Å². The summed E-state index contributed by atoms with van der Waals surface area (Å²) in [7, 11) is 0. The summed E-state index contributed by atoms with van der Waals surface area (Å²) in [5.74, 6) is -0.646. The normalized spacial score (nSPS) is 20.0. The predicted octanol–water partition coefficient (Wildman–Crippen LogP) is 1.79. The summed E-state index contributed by atoms with van der Waals surface area (Å²) in [6, 6.07) is 15.5. The number of carbonyl (C=O) groups is 2. The maximum absolute atomic E-state index is 12.4. The fourth-order valence-electron chi connectivity index (χ4n) is 3.85. The first-order chi connectivity index (χ1) is 12.6. The number of β-amino-alcohol motifs (C(OH)–C–C–N with tert-alkyl or cyclic N) is 1. The first-order valence-electron chi connectivity index (χ1n) is 9.07. The summed E-state index contributed by atoms with van der Waals surface area (Å²) in [6.07, 6.45) is 2.21. The lowest BCUT2D eigenvalue weighted by atomic mass is 9.88. The Morgan fingerprint density at radius 3 is 2.31 bits per heavy atom. The molecule has 0 spiro atoms. The minimum atomic E-state index is -0.783. The van der Waals surface area contributed by atoms with Crippen LogP contribution >= 0.6 is 0 Å². The van der Waals surface area contributed by atoms with Gasteiger partial charge in [-0.25, -0.2) is 0 Å². The zero-order chi connectivity index (χ0) is 18.1. The van der Waals surface area contributed by atoms with E-state index in [0.29, 0.717) is 23.7 Å². The first-order valence-corrected chi connectivity index (χ1v) is 9.07. The molecule has 2 unspecified atom stereocenters. The Balaban J connectivity index is 1.32. The molecule has 2 amide bonds. The number of carbonyl (C=O) groups excluding carboxylic acids is 2. The molecule has 26 heavy (non-hydrogen) atoms. The third kappa shape index (κ3) is 3.16. The maximum atomic E-state index is 12.4. The number of aryl methyl sites for hydroxylation is 1. The van der Waals surface area contributed by atoms with E-state index in [0.717, 1.165) is 24.2 Å². The second kappa shape index (κ2) is 7.02. The lowest BCUT2D eigenvalue weighted by molar-refractivity contribution is 0.0540. The molecule has 0 bridgehead atoms. The van der Waals surface area contributed by atoms with Gasteiger partial charge in [0.2, 0.25) is 0 Å². The lowest BCUT2D eigenvalue weighted by Crippen LogP contribution is -2.44. The Hall–Kier alpha value is -2.50. The molecule has 1 heterocycles. The molecule has 0 fully saturated rings. The van der Waals surface area contributed by atoms with Crippen molar-refractivity contribution in [2.24, 2.45) is 0 Å². The van der Waals surface area contributed by atoms with Crippen molar-refractivity contribution in [1.82, 2.24) is 10.2 Å². The molecule has 1 aliphatic carbocycles. The van der Waals surface area contributed by atoms with Crippen LogP contribution in [0.5, 0.6) is 0 Å². The molecule has 2 atom stereocenters. The van der Waals surface area contributed by atoms with Crippen LogP contribution in [0.25, 0.3) is 0 Å². The molecule has 5 nitrogen and oxygen atoms in total. The average Bonchev–Trinajstić information content (AvgIpc) is 2.91. The second-order valence-corrected chi connectivity index (χ2v) is 7.04. The predicted molar refractivity (Wildman–Crippen MR) is 98.1 cm³/mol. The summed E-state index contributed by atoms with van der Waals surface area (Å²) < 4.78 is 0. The van der Waals surface area contributed by atoms with Gasteiger partial charge in [0.05, 0.1) is 23.8 Å². The van der Waals surface area contributed by atoms with Crippen molar-refractivity contribution in [3.63, 3.8) is 0 Å². The molecule has 2 aromatic carbocycles. The van der Waals surface area contributed by atoms with Crippen LogP contribution in [-0.2, 0) is 12.8 Å². The fourth-order valence-corrected chi connectivity index (χ4v) is 3.85. The third-order valence-corrected chi connectivity index (χ3v) is 5.26. The molecule has 134 valence electrons. The standard InChI is InChI=1S/C21H22N2O3/c24-17(12-22-16-10-9-14-5-1-2-6-15(14)11-16)13-23-20(25)18-7-3-4-8-19(18)21(23)26/h1-8,16-17,22,24H,9-13H2. The number of benzene rings is 2. The monoisotopic (exact) mass is 350 g/mol. The van der Waals surface area contributed by atoms with E-state index < -0.39 is 6.10 Å². The van der Waals surface area contributed by atoms with Crippen LogP contribution in [-0.4, -0.2) is 47.1 Å². The molecule has 2 N–H and O–H groups in total. The van der Waals surface area contributed by atoms with Crippen molar-refractivity contribution in [1.29, 1.82) is 0 Å². The van der Waals surface area contributed by atoms with Gasteiger partial charge in [-0.1, -0.05) is 36.4 Å². The van der Waals surface area contributed by atoms with Gasteiger partial charge in [-0.05, 0) is 42.5 Å². The van der Waals surface area contributed by atoms with E-state index in [1.54, 1.807) is 24.3 Å².